The molecule has 21 heteroatoms. The number of hydrogen-bond acceptors (Lipinski definition) is 11. The van der Waals surface area contributed by atoms with Crippen molar-refractivity contribution in [1.29, 1.82) is 0 Å². The molecule has 0 unspecified atom stereocenters. The van der Waals surface area contributed by atoms with Crippen LogP contribution in [-0.2, 0) is 49.4 Å². The number of ether oxygens (including phenoxy) is 3. The van der Waals surface area contributed by atoms with E-state index >= 15 is 0 Å². The number of phenols is 1. The number of aliphatic carboxylic acids is 1. The average molecular weight is 965 g/mol. The molecule has 372 valence electrons. The molecule has 0 radical (unpaired) electrons. The number of likely N-dealkylation sites (tertiary alicyclic amines) is 1. The van der Waals surface area contributed by atoms with Gasteiger partial charge in [-0.3, -0.25) is 24.3 Å². The van der Waals surface area contributed by atoms with Crippen LogP contribution in [0.3, 0.4) is 0 Å². The molecule has 1 saturated carbocycles. The van der Waals surface area contributed by atoms with Crippen LogP contribution in [0, 0.1) is 0 Å². The highest BCUT2D eigenvalue weighted by Gasteiger charge is 2.43. The minimum Gasteiger partial charge on any atom is -0.506 e. The van der Waals surface area contributed by atoms with Crippen LogP contribution in [0.15, 0.2) is 54.9 Å². The molecule has 15 nitrogen and oxygen atoms in total. The summed E-state index contributed by atoms with van der Waals surface area (Å²) in [7, 11) is 0. The number of amides is 3. The van der Waals surface area contributed by atoms with Crippen LogP contribution in [0.4, 0.5) is 32.0 Å². The molecule has 0 atom stereocenters. The summed E-state index contributed by atoms with van der Waals surface area (Å²) in [6, 6.07) is 12.8. The largest absolute Gasteiger partial charge is 0.506 e. The molecule has 2 aromatic carbocycles. The van der Waals surface area contributed by atoms with Crippen molar-refractivity contribution in [2.24, 2.45) is 0 Å². The number of aromatic hydroxyl groups is 1. The number of nitrogens with zero attached hydrogens (tertiary/aromatic N) is 4. The maximum Gasteiger partial charge on any atom is 0.490 e. The van der Waals surface area contributed by atoms with Crippen molar-refractivity contribution < 1.29 is 69.9 Å². The number of fused-ring (bicyclic) bond motifs is 1. The Morgan fingerprint density at radius 2 is 1.69 bits per heavy atom. The molecule has 2 saturated heterocycles. The number of carbonyl (C=O) groups excluding carboxylic acids is 3. The molecule has 3 aromatic rings. The second-order valence-corrected chi connectivity index (χ2v) is 17.4. The summed E-state index contributed by atoms with van der Waals surface area (Å²) in [5, 5.41) is 23.4. The topological polar surface area (TPSA) is 183 Å². The highest BCUT2D eigenvalue weighted by atomic mass is 19.4. The third-order valence-corrected chi connectivity index (χ3v) is 12.6. The van der Waals surface area contributed by atoms with Gasteiger partial charge >= 0.3 is 18.3 Å². The Balaban J connectivity index is 0.00000101. The van der Waals surface area contributed by atoms with E-state index in [2.05, 4.69) is 38.7 Å². The number of pyridine rings is 1. The van der Waals surface area contributed by atoms with Crippen LogP contribution >= 0.6 is 0 Å². The molecule has 68 heavy (non-hydrogen) atoms. The van der Waals surface area contributed by atoms with Crippen LogP contribution in [0.5, 0.6) is 11.5 Å². The Kier molecular flexibility index (Phi) is 18.1. The lowest BCUT2D eigenvalue weighted by Gasteiger charge is -2.47. The van der Waals surface area contributed by atoms with Gasteiger partial charge in [0.1, 0.15) is 11.4 Å². The Labute approximate surface area is 390 Å². The lowest BCUT2D eigenvalue weighted by molar-refractivity contribution is -0.192. The standard InChI is InChI=1S/C45H57F3N6O7.C2HF3O2/c46-45(47,48)37-12-18-50-28-36(37)43(58)53-23-26-61-44(31-53)15-20-52(21-16-44)29-33-6-4-5-32(27-33)13-24-59-25-14-40(57)54(35-7-2-1-3-8-35)22-19-49-17-11-34-9-10-38(55)41-42(34)60-30-39(56)51-41;3-2(4,5)1(6)7/h4-6,9-10,12,18,27-28,35,49,55H,1-3,7-8,11,13-17,19-26,29-31H2,(H,51,56);(H,6,7). The number of carboxylic acids is 1. The van der Waals surface area contributed by atoms with Gasteiger partial charge in [-0.05, 0) is 73.9 Å². The second kappa shape index (κ2) is 23.7. The van der Waals surface area contributed by atoms with E-state index in [0.29, 0.717) is 76.4 Å². The first-order valence-electron chi connectivity index (χ1n) is 22.8. The van der Waals surface area contributed by atoms with E-state index in [1.165, 1.54) is 16.9 Å². The summed E-state index contributed by atoms with van der Waals surface area (Å²) < 4.78 is 90.4. The fourth-order valence-electron chi connectivity index (χ4n) is 9.02. The van der Waals surface area contributed by atoms with Gasteiger partial charge in [0.25, 0.3) is 11.8 Å². The van der Waals surface area contributed by atoms with Gasteiger partial charge in [0.2, 0.25) is 5.91 Å². The summed E-state index contributed by atoms with van der Waals surface area (Å²) in [5.74, 6) is -3.14. The Bertz CT molecular complexity index is 2200. The predicted molar refractivity (Wildman–Crippen MR) is 235 cm³/mol. The molecule has 4 N–H and O–H groups in total. The minimum absolute atomic E-state index is 0.0237. The highest BCUT2D eigenvalue weighted by Crippen LogP contribution is 2.39. The third-order valence-electron chi connectivity index (χ3n) is 12.6. The highest BCUT2D eigenvalue weighted by molar-refractivity contribution is 5.97. The van der Waals surface area contributed by atoms with E-state index in [9.17, 15) is 45.8 Å². The van der Waals surface area contributed by atoms with Crippen LogP contribution in [0.2, 0.25) is 0 Å². The molecule has 7 rings (SSSR count). The molecule has 3 amide bonds. The first-order chi connectivity index (χ1) is 32.4. The number of carboxylic acid groups (broad SMARTS) is 1. The van der Waals surface area contributed by atoms with Gasteiger partial charge in [0.05, 0.1) is 49.5 Å². The Hall–Kier alpha value is -5.51. The van der Waals surface area contributed by atoms with E-state index in [1.54, 1.807) is 12.1 Å². The fourth-order valence-corrected chi connectivity index (χ4v) is 9.02. The van der Waals surface area contributed by atoms with Crippen molar-refractivity contribution in [3.8, 4) is 11.5 Å². The van der Waals surface area contributed by atoms with E-state index in [4.69, 9.17) is 24.1 Å². The number of aromatic nitrogens is 1. The number of nitrogens with one attached hydrogen (secondary N) is 2. The zero-order valence-electron chi connectivity index (χ0n) is 37.6. The van der Waals surface area contributed by atoms with Crippen LogP contribution in [0.1, 0.15) is 84.0 Å². The van der Waals surface area contributed by atoms with Gasteiger partial charge in [-0.2, -0.15) is 26.3 Å². The molecule has 3 aliphatic heterocycles. The monoisotopic (exact) mass is 964 g/mol. The number of benzene rings is 2. The van der Waals surface area contributed by atoms with Crippen molar-refractivity contribution in [2.45, 2.75) is 94.7 Å². The van der Waals surface area contributed by atoms with E-state index < -0.39 is 41.0 Å². The number of piperidine rings is 1. The summed E-state index contributed by atoms with van der Waals surface area (Å²) >= 11 is 0. The van der Waals surface area contributed by atoms with E-state index in [1.807, 2.05) is 11.0 Å². The number of anilines is 1. The fraction of sp³-hybridized carbons (Fsp3) is 0.553. The Morgan fingerprint density at radius 3 is 2.41 bits per heavy atom. The number of hydrogen-bond donors (Lipinski definition) is 4. The molecule has 1 spiro atoms. The number of carbonyl (C=O) groups is 4. The number of alkyl halides is 6. The normalized spacial score (nSPS) is 17.6. The van der Waals surface area contributed by atoms with Gasteiger partial charge < -0.3 is 44.9 Å². The van der Waals surface area contributed by atoms with Crippen molar-refractivity contribution in [2.75, 3.05) is 77.6 Å². The molecule has 3 fully saturated rings. The predicted octanol–water partition coefficient (Wildman–Crippen LogP) is 6.22. The summed E-state index contributed by atoms with van der Waals surface area (Å²) in [4.78, 5) is 57.1. The van der Waals surface area contributed by atoms with Crippen molar-refractivity contribution in [1.82, 2.24) is 25.0 Å². The van der Waals surface area contributed by atoms with Gasteiger partial charge in [-0.1, -0.05) is 49.6 Å². The van der Waals surface area contributed by atoms with Gasteiger partial charge in [-0.15, -0.1) is 0 Å². The maximum absolute atomic E-state index is 13.6. The molecule has 1 aliphatic carbocycles. The summed E-state index contributed by atoms with van der Waals surface area (Å²) in [5.41, 5.74) is 1.52. The number of halogens is 6. The summed E-state index contributed by atoms with van der Waals surface area (Å²) in [6.45, 7) is 5.62. The number of phenolic OH excluding ortho intramolecular Hbond substituents is 1. The molecule has 4 aliphatic rings. The maximum atomic E-state index is 13.6. The van der Waals surface area contributed by atoms with E-state index in [-0.39, 0.29) is 49.9 Å². The molecule has 4 heterocycles. The minimum atomic E-state index is -5.08. The van der Waals surface area contributed by atoms with Crippen molar-refractivity contribution >= 4 is 29.4 Å². The zero-order chi connectivity index (χ0) is 48.9. The van der Waals surface area contributed by atoms with Crippen LogP contribution in [0.25, 0.3) is 0 Å². The second-order valence-electron chi connectivity index (χ2n) is 17.4. The number of morpholine rings is 1. The average Bonchev–Trinajstić information content (AvgIpc) is 3.31. The third kappa shape index (κ3) is 14.5. The smallest absolute Gasteiger partial charge is 0.490 e. The van der Waals surface area contributed by atoms with Gasteiger partial charge in [0, 0.05) is 57.7 Å². The number of rotatable bonds is 16. The van der Waals surface area contributed by atoms with Crippen LogP contribution in [-0.4, -0.2) is 144 Å². The van der Waals surface area contributed by atoms with Gasteiger partial charge in [0.15, 0.2) is 12.4 Å². The zero-order valence-corrected chi connectivity index (χ0v) is 37.6. The SMILES string of the molecule is O=C(O)C(F)(F)F.O=C1COc2c(CCNCCN(C(=O)CCOCCc3cccc(CN4CCC5(CC4)CN(C(=O)c4cnccc4C(F)(F)F)CCO5)c3)C3CCCCC3)ccc(O)c2N1. The van der Waals surface area contributed by atoms with Gasteiger partial charge in [-0.25, -0.2) is 4.79 Å². The van der Waals surface area contributed by atoms with Crippen molar-refractivity contribution in [3.05, 3.63) is 82.7 Å². The lowest BCUT2D eigenvalue weighted by Crippen LogP contribution is -2.58. The molecular weight excluding hydrogens is 907 g/mol. The Morgan fingerprint density at radius 1 is 0.956 bits per heavy atom. The summed E-state index contributed by atoms with van der Waals surface area (Å²) in [6.07, 6.45) is 0.803. The van der Waals surface area contributed by atoms with Crippen LogP contribution < -0.4 is 15.4 Å². The van der Waals surface area contributed by atoms with Crippen molar-refractivity contribution in [3.63, 3.8) is 0 Å². The quantitative estimate of drug-likeness (QED) is 0.0724. The molecule has 1 aromatic heterocycles. The first-order valence-corrected chi connectivity index (χ1v) is 22.8. The first kappa shape index (κ1) is 51.9. The molecule has 0 bridgehead atoms. The van der Waals surface area contributed by atoms with E-state index in [0.717, 1.165) is 74.9 Å². The lowest BCUT2D eigenvalue weighted by atomic mass is 9.88. The molecular formula is C47H58F6N6O9.